The lowest BCUT2D eigenvalue weighted by Crippen LogP contribution is -2.56. The van der Waals surface area contributed by atoms with Crippen molar-refractivity contribution in [1.29, 1.82) is 0 Å². The number of likely N-dealkylation sites (tertiary alicyclic amines) is 1. The van der Waals surface area contributed by atoms with Crippen molar-refractivity contribution in [3.8, 4) is 5.75 Å². The number of nitrogens with one attached hydrogen (secondary N) is 3. The number of anilines is 1. The number of piperidine rings is 1. The molecule has 1 aromatic heterocycles. The van der Waals surface area contributed by atoms with E-state index in [1.165, 1.54) is 11.0 Å². The first kappa shape index (κ1) is 24.5. The van der Waals surface area contributed by atoms with Gasteiger partial charge in [-0.25, -0.2) is 9.78 Å². The molecule has 1 aromatic carbocycles. The second-order valence-electron chi connectivity index (χ2n) is 7.34. The highest BCUT2D eigenvalue weighted by Crippen LogP contribution is 2.31. The van der Waals surface area contributed by atoms with Crippen LogP contribution >= 0.6 is 11.3 Å². The lowest BCUT2D eigenvalue weighted by atomic mass is 10.1. The van der Waals surface area contributed by atoms with E-state index in [4.69, 9.17) is 0 Å². The van der Waals surface area contributed by atoms with Gasteiger partial charge in [0, 0.05) is 12.6 Å². The van der Waals surface area contributed by atoms with Crippen molar-refractivity contribution in [1.82, 2.24) is 20.5 Å². The van der Waals surface area contributed by atoms with E-state index in [1.807, 2.05) is 0 Å². The molecule has 2 heterocycles. The molecule has 2 aromatic rings. The van der Waals surface area contributed by atoms with Crippen molar-refractivity contribution in [2.75, 3.05) is 18.4 Å². The van der Waals surface area contributed by atoms with Gasteiger partial charge in [-0.1, -0.05) is 11.3 Å². The molecule has 0 radical (unpaired) electrons. The number of halogens is 3. The highest BCUT2D eigenvalue weighted by atomic mass is 32.1. The first-order valence-electron chi connectivity index (χ1n) is 10.0. The zero-order valence-corrected chi connectivity index (χ0v) is 18.3. The number of alkyl halides is 3. The van der Waals surface area contributed by atoms with Gasteiger partial charge in [0.2, 0.25) is 11.8 Å². The number of carbonyl (C=O) groups excluding carboxylic acids is 2. The zero-order chi connectivity index (χ0) is 24.2. The van der Waals surface area contributed by atoms with Crippen molar-refractivity contribution in [2.24, 2.45) is 0 Å². The summed E-state index contributed by atoms with van der Waals surface area (Å²) >= 11 is 0.956. The molecule has 180 valence electrons. The van der Waals surface area contributed by atoms with Gasteiger partial charge in [-0.15, -0.1) is 13.2 Å². The lowest BCUT2D eigenvalue weighted by molar-refractivity contribution is -0.274. The van der Waals surface area contributed by atoms with E-state index >= 15 is 0 Å². The van der Waals surface area contributed by atoms with Crippen molar-refractivity contribution < 1.29 is 37.4 Å². The number of hydrogen-bond acceptors (Lipinski definition) is 7. The van der Waals surface area contributed by atoms with E-state index in [0.717, 1.165) is 36.3 Å². The molecule has 14 heteroatoms. The van der Waals surface area contributed by atoms with Crippen LogP contribution in [0.3, 0.4) is 0 Å². The number of hydrogen-bond donors (Lipinski definition) is 4. The second kappa shape index (κ2) is 10.2. The first-order valence-corrected chi connectivity index (χ1v) is 10.8. The summed E-state index contributed by atoms with van der Waals surface area (Å²) in [6.07, 6.45) is -4.19. The molecule has 0 saturated carbocycles. The highest BCUT2D eigenvalue weighted by molar-refractivity contribution is 7.22. The monoisotopic (exact) mass is 489 g/mol. The van der Waals surface area contributed by atoms with Crippen molar-refractivity contribution in [2.45, 2.75) is 44.8 Å². The predicted octanol–water partition coefficient (Wildman–Crippen LogP) is 2.72. The predicted molar refractivity (Wildman–Crippen MR) is 113 cm³/mol. The smallest absolute Gasteiger partial charge is 0.465 e. The molecule has 0 spiro atoms. The number of ether oxygens (including phenoxy) is 1. The number of benzene rings is 1. The van der Waals surface area contributed by atoms with E-state index in [1.54, 1.807) is 6.92 Å². The van der Waals surface area contributed by atoms with Gasteiger partial charge in [0.15, 0.2) is 5.13 Å². The topological polar surface area (TPSA) is 133 Å². The Hall–Kier alpha value is -3.13. The van der Waals surface area contributed by atoms with Gasteiger partial charge in [0.1, 0.15) is 5.75 Å². The van der Waals surface area contributed by atoms with Crippen molar-refractivity contribution in [3.63, 3.8) is 0 Å². The van der Waals surface area contributed by atoms with Gasteiger partial charge < -0.3 is 20.5 Å². The molecule has 3 amide bonds. The fourth-order valence-electron chi connectivity index (χ4n) is 3.34. The number of carboxylic acid groups (broad SMARTS) is 1. The number of amides is 3. The maximum atomic E-state index is 12.4. The molecule has 10 nitrogen and oxygen atoms in total. The average Bonchev–Trinajstić information content (AvgIpc) is 3.12. The van der Waals surface area contributed by atoms with Crippen LogP contribution in [-0.2, 0) is 9.59 Å². The second-order valence-corrected chi connectivity index (χ2v) is 8.37. The molecule has 1 saturated heterocycles. The van der Waals surface area contributed by atoms with Crippen LogP contribution in [0.5, 0.6) is 5.75 Å². The molecule has 2 unspecified atom stereocenters. The van der Waals surface area contributed by atoms with Crippen LogP contribution in [0.4, 0.5) is 23.1 Å². The molecule has 33 heavy (non-hydrogen) atoms. The van der Waals surface area contributed by atoms with Crippen molar-refractivity contribution in [3.05, 3.63) is 18.2 Å². The average molecular weight is 489 g/mol. The third-order valence-corrected chi connectivity index (χ3v) is 5.78. The van der Waals surface area contributed by atoms with Gasteiger partial charge in [0.25, 0.3) is 0 Å². The van der Waals surface area contributed by atoms with Crippen LogP contribution in [0.1, 0.15) is 26.2 Å². The molecule has 1 aliphatic rings. The number of carbonyl (C=O) groups is 3. The van der Waals surface area contributed by atoms with Crippen LogP contribution in [0.15, 0.2) is 18.2 Å². The molecule has 4 N–H and O–H groups in total. The van der Waals surface area contributed by atoms with E-state index in [0.29, 0.717) is 23.2 Å². The van der Waals surface area contributed by atoms with Crippen LogP contribution in [0.2, 0.25) is 0 Å². The lowest BCUT2D eigenvalue weighted by Gasteiger charge is -2.35. The Balaban J connectivity index is 1.50. The van der Waals surface area contributed by atoms with Gasteiger partial charge in [0.05, 0.1) is 29.0 Å². The zero-order valence-electron chi connectivity index (χ0n) is 17.4. The third kappa shape index (κ3) is 6.92. The Morgan fingerprint density at radius 3 is 2.79 bits per heavy atom. The Morgan fingerprint density at radius 1 is 1.33 bits per heavy atom. The highest BCUT2D eigenvalue weighted by Gasteiger charge is 2.31. The Kier molecular flexibility index (Phi) is 7.58. The summed E-state index contributed by atoms with van der Waals surface area (Å²) in [6, 6.07) is 2.88. The quantitative estimate of drug-likeness (QED) is 0.470. The molecular weight excluding hydrogens is 467 g/mol. The fraction of sp³-hybridized carbons (Fsp3) is 0.474. The van der Waals surface area contributed by atoms with Gasteiger partial charge in [-0.2, -0.15) is 0 Å². The van der Waals surface area contributed by atoms with Crippen LogP contribution in [0.25, 0.3) is 10.2 Å². The molecule has 0 bridgehead atoms. The molecule has 1 aliphatic heterocycles. The van der Waals surface area contributed by atoms with Crippen LogP contribution < -0.4 is 20.7 Å². The van der Waals surface area contributed by atoms with E-state index in [-0.39, 0.29) is 11.7 Å². The van der Waals surface area contributed by atoms with Gasteiger partial charge >= 0.3 is 12.5 Å². The summed E-state index contributed by atoms with van der Waals surface area (Å²) in [4.78, 5) is 41.2. The summed E-state index contributed by atoms with van der Waals surface area (Å²) < 4.78 is 41.3. The number of nitrogens with zero attached hydrogens (tertiary/aromatic N) is 2. The number of aromatic nitrogens is 1. The number of fused-ring (bicyclic) bond motifs is 1. The Morgan fingerprint density at radius 2 is 2.09 bits per heavy atom. The van der Waals surface area contributed by atoms with Gasteiger partial charge in [-0.05, 0) is 38.3 Å². The summed E-state index contributed by atoms with van der Waals surface area (Å²) in [7, 11) is 0. The molecule has 1 fully saturated rings. The minimum atomic E-state index is -4.82. The minimum Gasteiger partial charge on any atom is -0.465 e. The van der Waals surface area contributed by atoms with Gasteiger partial charge in [-0.3, -0.25) is 19.8 Å². The third-order valence-electron chi connectivity index (χ3n) is 4.85. The minimum absolute atomic E-state index is 0.152. The van der Waals surface area contributed by atoms with E-state index in [9.17, 15) is 32.7 Å². The number of thiazole rings is 1. The standard InChI is InChI=1S/C19H22F3N5O5S/c1-10(24-14-4-2-3-7-27(14)18(30)31)16(29)23-9-15(28)26-17-25-12-6-5-11(8-13(12)33-17)32-19(20,21)22/h5-6,8,10,14,24H,2-4,7,9H2,1H3,(H,23,29)(H,30,31)(H,25,26,28). The molecule has 2 atom stereocenters. The summed E-state index contributed by atoms with van der Waals surface area (Å²) in [6.45, 7) is 1.59. The maximum Gasteiger partial charge on any atom is 0.573 e. The molecule has 0 aliphatic carbocycles. The summed E-state index contributed by atoms with van der Waals surface area (Å²) in [5.74, 6) is -1.46. The van der Waals surface area contributed by atoms with E-state index < -0.39 is 42.2 Å². The summed E-state index contributed by atoms with van der Waals surface area (Å²) in [5.41, 5.74) is 0.377. The summed E-state index contributed by atoms with van der Waals surface area (Å²) in [5, 5.41) is 17.3. The van der Waals surface area contributed by atoms with Crippen LogP contribution in [0, 0.1) is 0 Å². The Bertz CT molecular complexity index is 1030. The Labute approximate surface area is 190 Å². The van der Waals surface area contributed by atoms with Crippen molar-refractivity contribution >= 4 is 44.6 Å². The number of rotatable bonds is 7. The normalized spacial score (nSPS) is 17.5. The SMILES string of the molecule is CC(NC1CCCCN1C(=O)O)C(=O)NCC(=O)Nc1nc2ccc(OC(F)(F)F)cc2s1. The fourth-order valence-corrected chi connectivity index (χ4v) is 4.25. The molecular formula is C19H22F3N5O5S. The first-order chi connectivity index (χ1) is 15.5. The largest absolute Gasteiger partial charge is 0.573 e. The van der Waals surface area contributed by atoms with Crippen LogP contribution in [-0.4, -0.2) is 64.6 Å². The van der Waals surface area contributed by atoms with E-state index in [2.05, 4.69) is 25.7 Å². The molecule has 3 rings (SSSR count). The maximum absolute atomic E-state index is 12.4.